The first-order chi connectivity index (χ1) is 14.3. The van der Waals surface area contributed by atoms with Crippen molar-refractivity contribution >= 4 is 17.6 Å². The highest BCUT2D eigenvalue weighted by atomic mass is 16.5. The van der Waals surface area contributed by atoms with Gasteiger partial charge in [0.2, 0.25) is 0 Å². The number of aromatic nitrogens is 1. The lowest BCUT2D eigenvalue weighted by Crippen LogP contribution is -2.15. The van der Waals surface area contributed by atoms with Crippen molar-refractivity contribution in [3.8, 4) is 0 Å². The topological polar surface area (TPSA) is 60.3 Å². The summed E-state index contributed by atoms with van der Waals surface area (Å²) in [5.74, 6) is -0.643. The maximum absolute atomic E-state index is 13.2. The molecule has 0 unspecified atom stereocenters. The molecule has 3 rings (SSSR count). The third kappa shape index (κ3) is 4.30. The van der Waals surface area contributed by atoms with E-state index < -0.39 is 5.97 Å². The van der Waals surface area contributed by atoms with Crippen molar-refractivity contribution in [1.82, 2.24) is 4.57 Å². The van der Waals surface area contributed by atoms with Gasteiger partial charge >= 0.3 is 5.97 Å². The van der Waals surface area contributed by atoms with Gasteiger partial charge in [0, 0.05) is 17.9 Å². The lowest BCUT2D eigenvalue weighted by molar-refractivity contribution is 0.0513. The van der Waals surface area contributed by atoms with E-state index in [1.165, 1.54) is 0 Å². The van der Waals surface area contributed by atoms with Crippen molar-refractivity contribution in [2.75, 3.05) is 11.9 Å². The molecular weight excluding hydrogens is 376 g/mol. The number of benzene rings is 2. The van der Waals surface area contributed by atoms with Crippen molar-refractivity contribution in [2.45, 2.75) is 41.2 Å². The molecule has 156 valence electrons. The number of carbonyl (C=O) groups is 2. The highest BCUT2D eigenvalue weighted by molar-refractivity contribution is 6.08. The van der Waals surface area contributed by atoms with Crippen molar-refractivity contribution in [3.63, 3.8) is 0 Å². The highest BCUT2D eigenvalue weighted by Crippen LogP contribution is 2.26. The van der Waals surface area contributed by atoms with Crippen LogP contribution in [0.15, 0.2) is 48.5 Å². The van der Waals surface area contributed by atoms with Gasteiger partial charge in [-0.2, -0.15) is 0 Å². The molecule has 3 aromatic rings. The number of anilines is 1. The average Bonchev–Trinajstić information content (AvgIpc) is 2.95. The molecule has 5 heteroatoms. The fourth-order valence-corrected chi connectivity index (χ4v) is 3.71. The number of amides is 1. The molecule has 5 nitrogen and oxygen atoms in total. The summed E-state index contributed by atoms with van der Waals surface area (Å²) in [6.45, 7) is 10.2. The van der Waals surface area contributed by atoms with E-state index in [0.717, 1.165) is 28.1 Å². The number of carbonyl (C=O) groups excluding carboxylic acids is 2. The molecule has 0 fully saturated rings. The molecule has 1 aromatic heterocycles. The van der Waals surface area contributed by atoms with Crippen LogP contribution in [0.2, 0.25) is 0 Å². The molecule has 1 N–H and O–H groups in total. The third-order valence-electron chi connectivity index (χ3n) is 5.29. The van der Waals surface area contributed by atoms with E-state index in [9.17, 15) is 9.59 Å². The van der Waals surface area contributed by atoms with E-state index >= 15 is 0 Å². The summed E-state index contributed by atoms with van der Waals surface area (Å²) in [4.78, 5) is 26.0. The summed E-state index contributed by atoms with van der Waals surface area (Å²) in [7, 11) is 0. The minimum atomic E-state index is -0.417. The van der Waals surface area contributed by atoms with Crippen LogP contribution in [0.1, 0.15) is 55.7 Å². The predicted octanol–water partition coefficient (Wildman–Crippen LogP) is 5.20. The number of hydrogen-bond donors (Lipinski definition) is 1. The number of aryl methyl sites for hydroxylation is 2. The zero-order valence-corrected chi connectivity index (χ0v) is 18.2. The van der Waals surface area contributed by atoms with Crippen LogP contribution >= 0.6 is 0 Å². The van der Waals surface area contributed by atoms with Crippen molar-refractivity contribution < 1.29 is 14.3 Å². The molecule has 1 amide bonds. The van der Waals surface area contributed by atoms with Crippen LogP contribution < -0.4 is 5.32 Å². The first kappa shape index (κ1) is 21.4. The number of hydrogen-bond acceptors (Lipinski definition) is 3. The van der Waals surface area contributed by atoms with Crippen LogP contribution in [-0.2, 0) is 11.3 Å². The first-order valence-electron chi connectivity index (χ1n) is 10.1. The van der Waals surface area contributed by atoms with Gasteiger partial charge in [0.1, 0.15) is 5.69 Å². The Bertz CT molecular complexity index is 1080. The van der Waals surface area contributed by atoms with Crippen LogP contribution in [0.4, 0.5) is 5.69 Å². The second kappa shape index (κ2) is 8.99. The molecule has 2 aromatic carbocycles. The lowest BCUT2D eigenvalue weighted by Gasteiger charge is -2.12. The number of nitrogens with one attached hydrogen (secondary N) is 1. The molecular formula is C25H28N2O3. The summed E-state index contributed by atoms with van der Waals surface area (Å²) in [6.07, 6.45) is 0. The van der Waals surface area contributed by atoms with E-state index in [4.69, 9.17) is 4.74 Å². The third-order valence-corrected chi connectivity index (χ3v) is 5.29. The normalized spacial score (nSPS) is 10.7. The van der Waals surface area contributed by atoms with Crippen LogP contribution in [0.3, 0.4) is 0 Å². The number of ether oxygens (including phenoxy) is 1. The molecule has 0 bridgehead atoms. The Hall–Kier alpha value is -3.34. The first-order valence-corrected chi connectivity index (χ1v) is 10.1. The second-order valence-electron chi connectivity index (χ2n) is 7.50. The SMILES string of the molecule is CCOC(=O)c1c(C)c(C(=O)Nc2cc(C)ccc2C)c(C)n1Cc1ccccc1. The number of esters is 1. The molecule has 0 aliphatic heterocycles. The van der Waals surface area contributed by atoms with Crippen LogP contribution in [0.25, 0.3) is 0 Å². The summed E-state index contributed by atoms with van der Waals surface area (Å²) >= 11 is 0. The molecule has 0 atom stereocenters. The Kier molecular flexibility index (Phi) is 6.40. The molecule has 0 spiro atoms. The molecule has 30 heavy (non-hydrogen) atoms. The Labute approximate surface area is 177 Å². The summed E-state index contributed by atoms with van der Waals surface area (Å²) in [5, 5.41) is 3.02. The number of rotatable bonds is 6. The zero-order valence-electron chi connectivity index (χ0n) is 18.2. The van der Waals surface area contributed by atoms with Gasteiger partial charge in [-0.25, -0.2) is 4.79 Å². The quantitative estimate of drug-likeness (QED) is 0.575. The largest absolute Gasteiger partial charge is 0.461 e. The maximum Gasteiger partial charge on any atom is 0.355 e. The minimum absolute atomic E-state index is 0.226. The van der Waals surface area contributed by atoms with Crippen molar-refractivity contribution in [3.05, 3.63) is 87.7 Å². The summed E-state index contributed by atoms with van der Waals surface area (Å²) in [5.41, 5.74) is 6.16. The molecule has 0 saturated heterocycles. The van der Waals surface area contributed by atoms with E-state index in [1.54, 1.807) is 13.8 Å². The van der Waals surface area contributed by atoms with Crippen LogP contribution in [0, 0.1) is 27.7 Å². The Morgan fingerprint density at radius 3 is 2.37 bits per heavy atom. The van der Waals surface area contributed by atoms with Gasteiger partial charge in [-0.1, -0.05) is 42.5 Å². The zero-order chi connectivity index (χ0) is 21.8. The summed E-state index contributed by atoms with van der Waals surface area (Å²) < 4.78 is 7.17. The van der Waals surface area contributed by atoms with Crippen LogP contribution in [0.5, 0.6) is 0 Å². The van der Waals surface area contributed by atoms with E-state index in [0.29, 0.717) is 23.4 Å². The van der Waals surface area contributed by atoms with E-state index in [2.05, 4.69) is 5.32 Å². The molecule has 1 heterocycles. The van der Waals surface area contributed by atoms with E-state index in [-0.39, 0.29) is 12.5 Å². The highest BCUT2D eigenvalue weighted by Gasteiger charge is 2.27. The smallest absolute Gasteiger partial charge is 0.355 e. The van der Waals surface area contributed by atoms with Gasteiger partial charge < -0.3 is 14.6 Å². The van der Waals surface area contributed by atoms with Gasteiger partial charge in [0.15, 0.2) is 0 Å². The molecule has 0 aliphatic rings. The van der Waals surface area contributed by atoms with Gasteiger partial charge in [-0.05, 0) is 62.9 Å². The van der Waals surface area contributed by atoms with Gasteiger partial charge in [0.25, 0.3) is 5.91 Å². The Balaban J connectivity index is 2.06. The van der Waals surface area contributed by atoms with Crippen molar-refractivity contribution in [1.29, 1.82) is 0 Å². The van der Waals surface area contributed by atoms with Gasteiger partial charge in [-0.3, -0.25) is 4.79 Å². The van der Waals surface area contributed by atoms with Crippen molar-refractivity contribution in [2.24, 2.45) is 0 Å². The predicted molar refractivity (Wildman–Crippen MR) is 119 cm³/mol. The molecule has 0 aliphatic carbocycles. The average molecular weight is 405 g/mol. The molecule has 0 saturated carbocycles. The Morgan fingerprint density at radius 1 is 1.00 bits per heavy atom. The van der Waals surface area contributed by atoms with Gasteiger partial charge in [0.05, 0.1) is 12.2 Å². The molecule has 0 radical (unpaired) electrons. The fourth-order valence-electron chi connectivity index (χ4n) is 3.71. The van der Waals surface area contributed by atoms with Gasteiger partial charge in [-0.15, -0.1) is 0 Å². The fraction of sp³-hybridized carbons (Fsp3) is 0.280. The minimum Gasteiger partial charge on any atom is -0.461 e. The summed E-state index contributed by atoms with van der Waals surface area (Å²) in [6, 6.07) is 15.8. The standard InChI is InChI=1S/C25H28N2O3/c1-6-30-25(29)23-18(4)22(19(5)27(23)15-20-10-8-7-9-11-20)24(28)26-21-14-16(2)12-13-17(21)3/h7-14H,6,15H2,1-5H3,(H,26,28). The lowest BCUT2D eigenvalue weighted by atomic mass is 10.1. The number of nitrogens with zero attached hydrogens (tertiary/aromatic N) is 1. The maximum atomic E-state index is 13.2. The van der Waals surface area contributed by atoms with E-state index in [1.807, 2.05) is 73.9 Å². The monoisotopic (exact) mass is 404 g/mol. The second-order valence-corrected chi connectivity index (χ2v) is 7.50. The Morgan fingerprint density at radius 2 is 1.70 bits per heavy atom. The van der Waals surface area contributed by atoms with Crippen LogP contribution in [-0.4, -0.2) is 23.1 Å².